The first kappa shape index (κ1) is 15.9. The van der Waals surface area contributed by atoms with Crippen molar-refractivity contribution in [3.8, 4) is 0 Å². The molecular formula is C14H15Cl2F3O. The summed E-state index contributed by atoms with van der Waals surface area (Å²) in [5.41, 5.74) is 0.495. The van der Waals surface area contributed by atoms with E-state index < -0.39 is 18.2 Å². The van der Waals surface area contributed by atoms with Gasteiger partial charge in [0.05, 0.1) is 22.1 Å². The molecule has 0 aromatic heterocycles. The van der Waals surface area contributed by atoms with E-state index in [9.17, 15) is 18.3 Å². The molecule has 0 heterocycles. The number of alkyl halides is 3. The number of hydrogen-bond acceptors (Lipinski definition) is 1. The lowest BCUT2D eigenvalue weighted by Crippen LogP contribution is -2.29. The van der Waals surface area contributed by atoms with Gasteiger partial charge in [-0.3, -0.25) is 0 Å². The second-order valence-electron chi connectivity index (χ2n) is 5.24. The molecule has 1 aromatic rings. The van der Waals surface area contributed by atoms with Gasteiger partial charge in [-0.25, -0.2) is 0 Å². The molecule has 1 aliphatic carbocycles. The van der Waals surface area contributed by atoms with Crippen LogP contribution in [0.2, 0.25) is 10.0 Å². The standard InChI is InChI=1S/C14H15Cl2F3O/c15-11-3-1-2-10(12(11)16)13(20)8-4-6-9(7-5-8)14(17,18)19/h1-3,8-9,13,20H,4-7H2. The van der Waals surface area contributed by atoms with Crippen LogP contribution in [0, 0.1) is 11.8 Å². The van der Waals surface area contributed by atoms with Gasteiger partial charge in [0.15, 0.2) is 0 Å². The molecule has 0 amide bonds. The zero-order valence-electron chi connectivity index (χ0n) is 10.6. The Hall–Kier alpha value is -0.450. The lowest BCUT2D eigenvalue weighted by atomic mass is 9.77. The van der Waals surface area contributed by atoms with Crippen LogP contribution in [-0.2, 0) is 0 Å². The van der Waals surface area contributed by atoms with Crippen LogP contribution in [0.5, 0.6) is 0 Å². The molecule has 20 heavy (non-hydrogen) atoms. The molecule has 0 bridgehead atoms. The predicted octanol–water partition coefficient (Wildman–Crippen LogP) is 5.40. The minimum Gasteiger partial charge on any atom is -0.388 e. The highest BCUT2D eigenvalue weighted by Crippen LogP contribution is 2.44. The van der Waals surface area contributed by atoms with Crippen LogP contribution < -0.4 is 0 Å². The van der Waals surface area contributed by atoms with Crippen molar-refractivity contribution in [2.24, 2.45) is 11.8 Å². The van der Waals surface area contributed by atoms with Gasteiger partial charge in [0.1, 0.15) is 0 Å². The summed E-state index contributed by atoms with van der Waals surface area (Å²) in [5, 5.41) is 10.9. The van der Waals surface area contributed by atoms with E-state index >= 15 is 0 Å². The molecule has 1 unspecified atom stereocenters. The molecule has 1 atom stereocenters. The summed E-state index contributed by atoms with van der Waals surface area (Å²) in [7, 11) is 0. The molecule has 0 saturated heterocycles. The summed E-state index contributed by atoms with van der Waals surface area (Å²) in [6.07, 6.45) is -4.20. The van der Waals surface area contributed by atoms with E-state index in [1.54, 1.807) is 18.2 Å². The smallest absolute Gasteiger partial charge is 0.388 e. The molecule has 0 spiro atoms. The van der Waals surface area contributed by atoms with Crippen LogP contribution >= 0.6 is 23.2 Å². The first-order valence-electron chi connectivity index (χ1n) is 6.49. The Balaban J connectivity index is 2.05. The number of hydrogen-bond donors (Lipinski definition) is 1. The van der Waals surface area contributed by atoms with E-state index in [0.29, 0.717) is 23.4 Å². The highest BCUT2D eigenvalue weighted by Gasteiger charge is 2.42. The van der Waals surface area contributed by atoms with Crippen molar-refractivity contribution in [2.45, 2.75) is 38.0 Å². The van der Waals surface area contributed by atoms with Crippen molar-refractivity contribution in [3.05, 3.63) is 33.8 Å². The Bertz CT molecular complexity index is 468. The molecular weight excluding hydrogens is 312 g/mol. The van der Waals surface area contributed by atoms with Crippen LogP contribution in [0.25, 0.3) is 0 Å². The SMILES string of the molecule is OC(c1cccc(Cl)c1Cl)C1CCC(C(F)(F)F)CC1. The zero-order chi connectivity index (χ0) is 14.9. The van der Waals surface area contributed by atoms with Crippen LogP contribution in [0.3, 0.4) is 0 Å². The summed E-state index contributed by atoms with van der Waals surface area (Å²) in [6, 6.07) is 4.95. The van der Waals surface area contributed by atoms with E-state index in [0.717, 1.165) is 0 Å². The molecule has 1 aliphatic rings. The molecule has 6 heteroatoms. The first-order chi connectivity index (χ1) is 9.30. The van der Waals surface area contributed by atoms with Gasteiger partial charge < -0.3 is 5.11 Å². The first-order valence-corrected chi connectivity index (χ1v) is 7.25. The second-order valence-corrected chi connectivity index (χ2v) is 6.03. The largest absolute Gasteiger partial charge is 0.391 e. The summed E-state index contributed by atoms with van der Waals surface area (Å²) >= 11 is 11.9. The number of aliphatic hydroxyl groups is 1. The average Bonchev–Trinajstić information content (AvgIpc) is 2.40. The minimum atomic E-state index is -4.14. The number of halogens is 5. The maximum Gasteiger partial charge on any atom is 0.391 e. The highest BCUT2D eigenvalue weighted by molar-refractivity contribution is 6.42. The van der Waals surface area contributed by atoms with Gasteiger partial charge in [-0.05, 0) is 37.7 Å². The quantitative estimate of drug-likeness (QED) is 0.771. The number of benzene rings is 1. The Kier molecular flexibility index (Phi) is 4.88. The fraction of sp³-hybridized carbons (Fsp3) is 0.571. The molecule has 1 aromatic carbocycles. The summed E-state index contributed by atoms with van der Waals surface area (Å²) in [4.78, 5) is 0. The summed E-state index contributed by atoms with van der Waals surface area (Å²) in [6.45, 7) is 0. The number of rotatable bonds is 2. The zero-order valence-corrected chi connectivity index (χ0v) is 12.1. The maximum absolute atomic E-state index is 12.6. The monoisotopic (exact) mass is 326 g/mol. The third-order valence-electron chi connectivity index (χ3n) is 3.98. The van der Waals surface area contributed by atoms with Gasteiger partial charge in [-0.2, -0.15) is 13.2 Å². The Morgan fingerprint density at radius 2 is 1.70 bits per heavy atom. The van der Waals surface area contributed by atoms with Crippen molar-refractivity contribution in [3.63, 3.8) is 0 Å². The van der Waals surface area contributed by atoms with Crippen LogP contribution in [-0.4, -0.2) is 11.3 Å². The fourth-order valence-electron chi connectivity index (χ4n) is 2.77. The van der Waals surface area contributed by atoms with Crippen LogP contribution in [0.4, 0.5) is 13.2 Å². The van der Waals surface area contributed by atoms with Crippen molar-refractivity contribution in [2.75, 3.05) is 0 Å². The van der Waals surface area contributed by atoms with Crippen LogP contribution in [0.15, 0.2) is 18.2 Å². The van der Waals surface area contributed by atoms with Crippen molar-refractivity contribution >= 4 is 23.2 Å². The molecule has 1 N–H and O–H groups in total. The molecule has 1 saturated carbocycles. The van der Waals surface area contributed by atoms with Gasteiger partial charge in [-0.1, -0.05) is 35.3 Å². The van der Waals surface area contributed by atoms with E-state index in [2.05, 4.69) is 0 Å². The molecule has 2 rings (SSSR count). The average molecular weight is 327 g/mol. The highest BCUT2D eigenvalue weighted by atomic mass is 35.5. The lowest BCUT2D eigenvalue weighted by Gasteiger charge is -2.32. The minimum absolute atomic E-state index is 0.0589. The fourth-order valence-corrected chi connectivity index (χ4v) is 3.18. The van der Waals surface area contributed by atoms with Crippen LogP contribution in [0.1, 0.15) is 37.4 Å². The maximum atomic E-state index is 12.6. The van der Waals surface area contributed by atoms with Crippen molar-refractivity contribution in [1.29, 1.82) is 0 Å². The van der Waals surface area contributed by atoms with Gasteiger partial charge in [0.25, 0.3) is 0 Å². The van der Waals surface area contributed by atoms with Gasteiger partial charge in [0.2, 0.25) is 0 Å². The Labute approximate surface area is 125 Å². The Morgan fingerprint density at radius 1 is 1.10 bits per heavy atom. The third-order valence-corrected chi connectivity index (χ3v) is 4.81. The van der Waals surface area contributed by atoms with E-state index in [1.165, 1.54) is 0 Å². The lowest BCUT2D eigenvalue weighted by molar-refractivity contribution is -0.185. The van der Waals surface area contributed by atoms with Crippen molar-refractivity contribution < 1.29 is 18.3 Å². The molecule has 1 fully saturated rings. The molecule has 1 nitrogen and oxygen atoms in total. The Morgan fingerprint density at radius 3 is 2.25 bits per heavy atom. The van der Waals surface area contributed by atoms with E-state index in [1.807, 2.05) is 0 Å². The number of aliphatic hydroxyl groups excluding tert-OH is 1. The predicted molar refractivity (Wildman–Crippen MR) is 72.9 cm³/mol. The normalized spacial score (nSPS) is 25.5. The third kappa shape index (κ3) is 3.41. The molecule has 112 valence electrons. The van der Waals surface area contributed by atoms with E-state index in [4.69, 9.17) is 23.2 Å². The molecule has 0 aliphatic heterocycles. The van der Waals surface area contributed by atoms with Gasteiger partial charge in [0, 0.05) is 5.56 Å². The van der Waals surface area contributed by atoms with Gasteiger partial charge in [-0.15, -0.1) is 0 Å². The molecule has 0 radical (unpaired) electrons. The van der Waals surface area contributed by atoms with Crippen molar-refractivity contribution in [1.82, 2.24) is 0 Å². The van der Waals surface area contributed by atoms with E-state index in [-0.39, 0.29) is 23.8 Å². The van der Waals surface area contributed by atoms with Gasteiger partial charge >= 0.3 is 6.18 Å². The topological polar surface area (TPSA) is 20.2 Å². The second kappa shape index (κ2) is 6.12. The summed E-state index contributed by atoms with van der Waals surface area (Å²) < 4.78 is 37.8. The summed E-state index contributed by atoms with van der Waals surface area (Å²) in [5.74, 6) is -1.45.